The van der Waals surface area contributed by atoms with Crippen molar-refractivity contribution in [2.75, 3.05) is 6.54 Å². The molecule has 18 heavy (non-hydrogen) atoms. The standard InChI is InChI=1S/C14H17N3O/c1-11-10-16(2)14(18)17(11)13-7-5-12(6-8-13)4-3-9-15/h3-8,10H,9,15H2,1-2H3/b4-3+. The van der Waals surface area contributed by atoms with E-state index in [1.165, 1.54) is 0 Å². The molecular formula is C14H17N3O. The van der Waals surface area contributed by atoms with Gasteiger partial charge in [0.15, 0.2) is 0 Å². The Labute approximate surface area is 106 Å². The van der Waals surface area contributed by atoms with Gasteiger partial charge in [0, 0.05) is 25.5 Å². The van der Waals surface area contributed by atoms with Crippen LogP contribution in [-0.4, -0.2) is 15.7 Å². The van der Waals surface area contributed by atoms with Crippen molar-refractivity contribution in [1.29, 1.82) is 0 Å². The SMILES string of the molecule is Cc1cn(C)c(=O)n1-c1ccc(/C=C/CN)cc1. The number of nitrogens with zero attached hydrogens (tertiary/aromatic N) is 2. The van der Waals surface area contributed by atoms with Crippen LogP contribution in [0, 0.1) is 6.92 Å². The van der Waals surface area contributed by atoms with Gasteiger partial charge < -0.3 is 10.3 Å². The van der Waals surface area contributed by atoms with E-state index in [0.29, 0.717) is 6.54 Å². The van der Waals surface area contributed by atoms with Crippen molar-refractivity contribution < 1.29 is 0 Å². The van der Waals surface area contributed by atoms with Crippen LogP contribution in [0.5, 0.6) is 0 Å². The third kappa shape index (κ3) is 2.28. The molecule has 1 aromatic heterocycles. The zero-order chi connectivity index (χ0) is 13.1. The number of aryl methyl sites for hydroxylation is 2. The number of benzene rings is 1. The minimum Gasteiger partial charge on any atom is -0.327 e. The van der Waals surface area contributed by atoms with Crippen LogP contribution in [0.25, 0.3) is 11.8 Å². The van der Waals surface area contributed by atoms with Gasteiger partial charge in [0.2, 0.25) is 0 Å². The lowest BCUT2D eigenvalue weighted by Crippen LogP contribution is -2.21. The maximum atomic E-state index is 11.9. The summed E-state index contributed by atoms with van der Waals surface area (Å²) in [4.78, 5) is 11.9. The minimum absolute atomic E-state index is 0.0299. The van der Waals surface area contributed by atoms with Gasteiger partial charge in [-0.15, -0.1) is 0 Å². The Morgan fingerprint density at radius 2 is 1.94 bits per heavy atom. The fraction of sp³-hybridized carbons (Fsp3) is 0.214. The van der Waals surface area contributed by atoms with E-state index in [4.69, 9.17) is 5.73 Å². The molecule has 0 unspecified atom stereocenters. The second-order valence-electron chi connectivity index (χ2n) is 4.23. The van der Waals surface area contributed by atoms with Crippen molar-refractivity contribution in [3.63, 3.8) is 0 Å². The lowest BCUT2D eigenvalue weighted by atomic mass is 10.2. The molecule has 0 saturated carbocycles. The quantitative estimate of drug-likeness (QED) is 0.887. The van der Waals surface area contributed by atoms with Gasteiger partial charge in [0.05, 0.1) is 5.69 Å². The first-order valence-electron chi connectivity index (χ1n) is 5.85. The molecule has 2 aromatic rings. The average molecular weight is 243 g/mol. The Bertz CT molecular complexity index is 617. The third-order valence-corrected chi connectivity index (χ3v) is 2.82. The lowest BCUT2D eigenvalue weighted by Gasteiger charge is -2.04. The Hall–Kier alpha value is -2.07. The summed E-state index contributed by atoms with van der Waals surface area (Å²) in [5.41, 5.74) is 8.25. The second kappa shape index (κ2) is 5.06. The lowest BCUT2D eigenvalue weighted by molar-refractivity contribution is 0.821. The predicted molar refractivity (Wildman–Crippen MR) is 73.8 cm³/mol. The Kier molecular flexibility index (Phi) is 3.48. The third-order valence-electron chi connectivity index (χ3n) is 2.82. The van der Waals surface area contributed by atoms with Gasteiger partial charge in [0.25, 0.3) is 0 Å². The van der Waals surface area contributed by atoms with Gasteiger partial charge in [-0.25, -0.2) is 4.79 Å². The Morgan fingerprint density at radius 3 is 2.44 bits per heavy atom. The normalized spacial score (nSPS) is 11.3. The Balaban J connectivity index is 2.40. The molecule has 1 aromatic carbocycles. The first-order chi connectivity index (χ1) is 8.63. The summed E-state index contributed by atoms with van der Waals surface area (Å²) < 4.78 is 3.27. The summed E-state index contributed by atoms with van der Waals surface area (Å²) in [7, 11) is 1.75. The van der Waals surface area contributed by atoms with Crippen LogP contribution in [0.15, 0.2) is 41.3 Å². The van der Waals surface area contributed by atoms with E-state index >= 15 is 0 Å². The van der Waals surface area contributed by atoms with E-state index in [-0.39, 0.29) is 5.69 Å². The van der Waals surface area contributed by atoms with Crippen LogP contribution >= 0.6 is 0 Å². The van der Waals surface area contributed by atoms with Crippen molar-refractivity contribution >= 4 is 6.08 Å². The van der Waals surface area contributed by atoms with Gasteiger partial charge in [-0.05, 0) is 24.6 Å². The van der Waals surface area contributed by atoms with E-state index in [0.717, 1.165) is 16.9 Å². The Morgan fingerprint density at radius 1 is 1.28 bits per heavy atom. The van der Waals surface area contributed by atoms with Crippen LogP contribution in [-0.2, 0) is 7.05 Å². The fourth-order valence-corrected chi connectivity index (χ4v) is 1.95. The van der Waals surface area contributed by atoms with Gasteiger partial charge in [-0.3, -0.25) is 4.57 Å². The number of aromatic nitrogens is 2. The van der Waals surface area contributed by atoms with Crippen molar-refractivity contribution in [1.82, 2.24) is 9.13 Å². The molecule has 0 saturated heterocycles. The number of imidazole rings is 1. The van der Waals surface area contributed by atoms with Crippen molar-refractivity contribution in [2.45, 2.75) is 6.92 Å². The summed E-state index contributed by atoms with van der Waals surface area (Å²) >= 11 is 0. The van der Waals surface area contributed by atoms with Gasteiger partial charge in [-0.2, -0.15) is 0 Å². The molecule has 94 valence electrons. The second-order valence-corrected chi connectivity index (χ2v) is 4.23. The molecule has 0 bridgehead atoms. The summed E-state index contributed by atoms with van der Waals surface area (Å²) in [5.74, 6) is 0. The van der Waals surface area contributed by atoms with Gasteiger partial charge in [0.1, 0.15) is 0 Å². The topological polar surface area (TPSA) is 53.0 Å². The molecule has 0 amide bonds. The first kappa shape index (κ1) is 12.4. The van der Waals surface area contributed by atoms with E-state index in [9.17, 15) is 4.79 Å². The molecule has 4 nitrogen and oxygen atoms in total. The van der Waals surface area contributed by atoms with Gasteiger partial charge in [-0.1, -0.05) is 24.3 Å². The first-order valence-corrected chi connectivity index (χ1v) is 5.85. The molecule has 2 N–H and O–H groups in total. The summed E-state index contributed by atoms with van der Waals surface area (Å²) in [5, 5.41) is 0. The van der Waals surface area contributed by atoms with Crippen LogP contribution in [0.3, 0.4) is 0 Å². The van der Waals surface area contributed by atoms with Crippen molar-refractivity contribution in [3.05, 3.63) is 58.3 Å². The summed E-state index contributed by atoms with van der Waals surface area (Å²) in [6.45, 7) is 2.45. The number of nitrogens with two attached hydrogens (primary N) is 1. The van der Waals surface area contributed by atoms with E-state index in [1.807, 2.05) is 49.5 Å². The number of hydrogen-bond acceptors (Lipinski definition) is 2. The highest BCUT2D eigenvalue weighted by Gasteiger charge is 2.06. The highest BCUT2D eigenvalue weighted by Crippen LogP contribution is 2.11. The monoisotopic (exact) mass is 243 g/mol. The summed E-state index contributed by atoms with van der Waals surface area (Å²) in [6.07, 6.45) is 5.68. The molecule has 0 fully saturated rings. The highest BCUT2D eigenvalue weighted by molar-refractivity contribution is 5.52. The maximum Gasteiger partial charge on any atom is 0.332 e. The minimum atomic E-state index is -0.0299. The van der Waals surface area contributed by atoms with E-state index in [1.54, 1.807) is 16.2 Å². The predicted octanol–water partition coefficient (Wildman–Crippen LogP) is 1.46. The average Bonchev–Trinajstić information content (AvgIpc) is 2.62. The molecule has 0 aliphatic heterocycles. The van der Waals surface area contributed by atoms with E-state index in [2.05, 4.69) is 0 Å². The van der Waals surface area contributed by atoms with Crippen molar-refractivity contribution in [2.24, 2.45) is 12.8 Å². The number of rotatable bonds is 3. The fourth-order valence-electron chi connectivity index (χ4n) is 1.95. The molecule has 0 aliphatic carbocycles. The van der Waals surface area contributed by atoms with Crippen LogP contribution < -0.4 is 11.4 Å². The highest BCUT2D eigenvalue weighted by atomic mass is 16.1. The van der Waals surface area contributed by atoms with Crippen LogP contribution in [0.2, 0.25) is 0 Å². The van der Waals surface area contributed by atoms with Crippen LogP contribution in [0.4, 0.5) is 0 Å². The molecule has 2 rings (SSSR count). The molecule has 0 aliphatic rings. The summed E-state index contributed by atoms with van der Waals surface area (Å²) in [6, 6.07) is 7.82. The van der Waals surface area contributed by atoms with Gasteiger partial charge >= 0.3 is 5.69 Å². The van der Waals surface area contributed by atoms with Crippen molar-refractivity contribution in [3.8, 4) is 5.69 Å². The zero-order valence-corrected chi connectivity index (χ0v) is 10.6. The van der Waals surface area contributed by atoms with E-state index < -0.39 is 0 Å². The molecular weight excluding hydrogens is 226 g/mol. The molecule has 0 atom stereocenters. The number of hydrogen-bond donors (Lipinski definition) is 1. The smallest absolute Gasteiger partial charge is 0.327 e. The molecule has 0 spiro atoms. The largest absolute Gasteiger partial charge is 0.332 e. The molecule has 1 heterocycles. The molecule has 0 radical (unpaired) electrons. The molecule has 4 heteroatoms. The van der Waals surface area contributed by atoms with Crippen LogP contribution in [0.1, 0.15) is 11.3 Å². The zero-order valence-electron chi connectivity index (χ0n) is 10.6. The maximum absolute atomic E-state index is 11.9.